The highest BCUT2D eigenvalue weighted by Crippen LogP contribution is 2.29. The second-order valence-corrected chi connectivity index (χ2v) is 5.64. The van der Waals surface area contributed by atoms with E-state index < -0.39 is 17.7 Å². The lowest BCUT2D eigenvalue weighted by atomic mass is 10.1. The first kappa shape index (κ1) is 16.4. The molecule has 25 heavy (non-hydrogen) atoms. The lowest BCUT2D eigenvalue weighted by Gasteiger charge is -2.13. The van der Waals surface area contributed by atoms with Gasteiger partial charge in [0.25, 0.3) is 5.56 Å². The Morgan fingerprint density at radius 2 is 1.88 bits per heavy atom. The molecule has 3 N–H and O–H groups in total. The fourth-order valence-corrected chi connectivity index (χ4v) is 2.68. The van der Waals surface area contributed by atoms with Crippen molar-refractivity contribution in [1.29, 1.82) is 0 Å². The lowest BCUT2D eigenvalue weighted by Crippen LogP contribution is -2.26. The molecule has 1 atom stereocenters. The number of carboxylic acids is 1. The summed E-state index contributed by atoms with van der Waals surface area (Å²) in [6.45, 7) is 3.08. The summed E-state index contributed by atoms with van der Waals surface area (Å²) in [5.74, 6) is -0.965. The Morgan fingerprint density at radius 3 is 2.48 bits per heavy atom. The molecular weight excluding hydrogens is 324 g/mol. The SMILES string of the molecule is Cc1cc(=O)[nH]c(-c2[nH]c(=O)n(C(C)C(=O)O)c2-c2ccccc2)n1. The maximum absolute atomic E-state index is 12.4. The van der Waals surface area contributed by atoms with Crippen molar-refractivity contribution in [3.8, 4) is 22.8 Å². The van der Waals surface area contributed by atoms with Gasteiger partial charge in [0.05, 0.1) is 5.69 Å². The quantitative estimate of drug-likeness (QED) is 0.665. The van der Waals surface area contributed by atoms with Gasteiger partial charge in [0.2, 0.25) is 0 Å². The highest BCUT2D eigenvalue weighted by atomic mass is 16.4. The maximum Gasteiger partial charge on any atom is 0.327 e. The highest BCUT2D eigenvalue weighted by Gasteiger charge is 2.25. The predicted octanol–water partition coefficient (Wildman–Crippen LogP) is 1.55. The third-order valence-electron chi connectivity index (χ3n) is 3.83. The molecule has 8 nitrogen and oxygen atoms in total. The van der Waals surface area contributed by atoms with Crippen LogP contribution >= 0.6 is 0 Å². The van der Waals surface area contributed by atoms with Gasteiger partial charge in [-0.1, -0.05) is 30.3 Å². The Bertz CT molecular complexity index is 1050. The lowest BCUT2D eigenvalue weighted by molar-refractivity contribution is -0.140. The van der Waals surface area contributed by atoms with Crippen LogP contribution in [0.25, 0.3) is 22.8 Å². The van der Waals surface area contributed by atoms with Crippen molar-refractivity contribution < 1.29 is 9.90 Å². The number of aromatic amines is 2. The van der Waals surface area contributed by atoms with Gasteiger partial charge in [0.1, 0.15) is 11.7 Å². The average Bonchev–Trinajstić information content (AvgIpc) is 2.91. The minimum Gasteiger partial charge on any atom is -0.480 e. The number of carboxylic acid groups (broad SMARTS) is 1. The number of hydrogen-bond acceptors (Lipinski definition) is 4. The minimum absolute atomic E-state index is 0.178. The summed E-state index contributed by atoms with van der Waals surface area (Å²) in [6.07, 6.45) is 0. The van der Waals surface area contributed by atoms with Crippen LogP contribution in [0.4, 0.5) is 0 Å². The van der Waals surface area contributed by atoms with Gasteiger partial charge in [-0.2, -0.15) is 0 Å². The second kappa shape index (κ2) is 6.23. The third kappa shape index (κ3) is 3.01. The van der Waals surface area contributed by atoms with Crippen molar-refractivity contribution in [3.63, 3.8) is 0 Å². The normalized spacial score (nSPS) is 12.1. The molecule has 0 amide bonds. The van der Waals surface area contributed by atoms with Gasteiger partial charge in [-0.05, 0) is 13.8 Å². The van der Waals surface area contributed by atoms with Crippen LogP contribution in [-0.4, -0.2) is 30.6 Å². The number of benzene rings is 1. The molecular formula is C17H16N4O4. The Balaban J connectivity index is 2.37. The van der Waals surface area contributed by atoms with E-state index in [1.807, 2.05) is 6.07 Å². The largest absolute Gasteiger partial charge is 0.480 e. The molecule has 0 aliphatic heterocycles. The monoisotopic (exact) mass is 340 g/mol. The topological polar surface area (TPSA) is 121 Å². The van der Waals surface area contributed by atoms with E-state index in [-0.39, 0.29) is 17.1 Å². The molecule has 0 bridgehead atoms. The zero-order valence-corrected chi connectivity index (χ0v) is 13.6. The van der Waals surface area contributed by atoms with Crippen LogP contribution in [0.5, 0.6) is 0 Å². The number of H-pyrrole nitrogens is 2. The molecule has 0 spiro atoms. The van der Waals surface area contributed by atoms with Crippen LogP contribution < -0.4 is 11.2 Å². The van der Waals surface area contributed by atoms with Gasteiger partial charge < -0.3 is 15.1 Å². The van der Waals surface area contributed by atoms with E-state index in [0.29, 0.717) is 17.0 Å². The third-order valence-corrected chi connectivity index (χ3v) is 3.83. The summed E-state index contributed by atoms with van der Waals surface area (Å²) < 4.78 is 1.15. The minimum atomic E-state index is -1.14. The molecule has 128 valence electrons. The van der Waals surface area contributed by atoms with Gasteiger partial charge >= 0.3 is 11.7 Å². The van der Waals surface area contributed by atoms with Crippen molar-refractivity contribution in [3.05, 3.63) is 62.9 Å². The van der Waals surface area contributed by atoms with Crippen LogP contribution in [0.2, 0.25) is 0 Å². The van der Waals surface area contributed by atoms with E-state index in [2.05, 4.69) is 15.0 Å². The molecule has 1 unspecified atom stereocenters. The summed E-state index contributed by atoms with van der Waals surface area (Å²) in [7, 11) is 0. The molecule has 3 rings (SSSR count). The van der Waals surface area contributed by atoms with E-state index in [4.69, 9.17) is 0 Å². The summed E-state index contributed by atoms with van der Waals surface area (Å²) in [4.78, 5) is 45.1. The molecule has 0 aliphatic rings. The molecule has 0 fully saturated rings. The van der Waals surface area contributed by atoms with E-state index in [9.17, 15) is 19.5 Å². The predicted molar refractivity (Wildman–Crippen MR) is 91.4 cm³/mol. The van der Waals surface area contributed by atoms with Crippen molar-refractivity contribution in [2.75, 3.05) is 0 Å². The highest BCUT2D eigenvalue weighted by molar-refractivity contribution is 5.78. The van der Waals surface area contributed by atoms with Crippen LogP contribution in [-0.2, 0) is 4.79 Å². The van der Waals surface area contributed by atoms with Crippen molar-refractivity contribution in [1.82, 2.24) is 19.5 Å². The van der Waals surface area contributed by atoms with Gasteiger partial charge in [0, 0.05) is 17.3 Å². The molecule has 2 aromatic heterocycles. The standard InChI is InChI=1S/C17H16N4O4/c1-9-8-12(22)19-15(18-9)13-14(11-6-4-3-5-7-11)21(17(25)20-13)10(2)16(23)24/h3-8,10H,1-2H3,(H,20,25)(H,23,24)(H,18,19,22). The second-order valence-electron chi connectivity index (χ2n) is 5.64. The Labute approximate surface area is 141 Å². The number of hydrogen-bond donors (Lipinski definition) is 3. The molecule has 0 aliphatic carbocycles. The first-order chi connectivity index (χ1) is 11.9. The number of aryl methyl sites for hydroxylation is 1. The summed E-state index contributed by atoms with van der Waals surface area (Å²) >= 11 is 0. The zero-order valence-electron chi connectivity index (χ0n) is 13.6. The molecule has 2 heterocycles. The number of nitrogens with one attached hydrogen (secondary N) is 2. The van der Waals surface area contributed by atoms with Crippen LogP contribution in [0.1, 0.15) is 18.7 Å². The molecule has 8 heteroatoms. The number of nitrogens with zero attached hydrogens (tertiary/aromatic N) is 2. The molecule has 0 saturated heterocycles. The van der Waals surface area contributed by atoms with E-state index >= 15 is 0 Å². The van der Waals surface area contributed by atoms with Crippen molar-refractivity contribution >= 4 is 5.97 Å². The van der Waals surface area contributed by atoms with E-state index in [1.165, 1.54) is 13.0 Å². The summed E-state index contributed by atoms with van der Waals surface area (Å²) in [6, 6.07) is 9.12. The smallest absolute Gasteiger partial charge is 0.327 e. The Morgan fingerprint density at radius 1 is 1.20 bits per heavy atom. The maximum atomic E-state index is 12.4. The Hall–Kier alpha value is -3.42. The number of rotatable bonds is 4. The first-order valence-corrected chi connectivity index (χ1v) is 7.59. The van der Waals surface area contributed by atoms with Gasteiger partial charge in [0.15, 0.2) is 5.82 Å². The van der Waals surface area contributed by atoms with Crippen molar-refractivity contribution in [2.24, 2.45) is 0 Å². The summed E-state index contributed by atoms with van der Waals surface area (Å²) in [5, 5.41) is 9.35. The molecule has 0 saturated carbocycles. The van der Waals surface area contributed by atoms with Crippen LogP contribution in [0.15, 0.2) is 46.0 Å². The van der Waals surface area contributed by atoms with Gasteiger partial charge in [-0.25, -0.2) is 14.6 Å². The summed E-state index contributed by atoms with van der Waals surface area (Å²) in [5.41, 5.74) is 0.791. The van der Waals surface area contributed by atoms with E-state index in [1.54, 1.807) is 31.2 Å². The van der Waals surface area contributed by atoms with Crippen LogP contribution in [0.3, 0.4) is 0 Å². The first-order valence-electron chi connectivity index (χ1n) is 7.59. The fraction of sp³-hybridized carbons (Fsp3) is 0.176. The zero-order chi connectivity index (χ0) is 18.1. The average molecular weight is 340 g/mol. The van der Waals surface area contributed by atoms with Gasteiger partial charge in [-0.3, -0.25) is 9.36 Å². The Kier molecular flexibility index (Phi) is 4.10. The molecule has 3 aromatic rings. The molecule has 0 radical (unpaired) electrons. The van der Waals surface area contributed by atoms with Crippen molar-refractivity contribution in [2.45, 2.75) is 19.9 Å². The number of aliphatic carboxylic acids is 1. The van der Waals surface area contributed by atoms with Crippen LogP contribution in [0, 0.1) is 6.92 Å². The van der Waals surface area contributed by atoms with Gasteiger partial charge in [-0.15, -0.1) is 0 Å². The van der Waals surface area contributed by atoms with E-state index in [0.717, 1.165) is 4.57 Å². The fourth-order valence-electron chi connectivity index (χ4n) is 2.68. The number of aromatic nitrogens is 4. The molecule has 1 aromatic carbocycles. The number of carbonyl (C=O) groups is 1. The number of imidazole rings is 1.